The third kappa shape index (κ3) is 5.48. The van der Waals surface area contributed by atoms with Crippen LogP contribution in [0.25, 0.3) is 0 Å². The number of rotatable bonds is 8. The molecule has 1 aliphatic carbocycles. The van der Waals surface area contributed by atoms with Gasteiger partial charge >= 0.3 is 12.0 Å². The van der Waals surface area contributed by atoms with E-state index in [4.69, 9.17) is 22.4 Å². The van der Waals surface area contributed by atoms with Crippen molar-refractivity contribution in [3.63, 3.8) is 0 Å². The second kappa shape index (κ2) is 11.0. The first-order chi connectivity index (χ1) is 20.3. The normalized spacial score (nSPS) is 12.5. The monoisotopic (exact) mass is 629 g/mol. The van der Waals surface area contributed by atoms with Crippen molar-refractivity contribution >= 4 is 67.8 Å². The number of nitrogens with zero attached hydrogens (tertiary/aromatic N) is 3. The van der Waals surface area contributed by atoms with Crippen LogP contribution in [-0.4, -0.2) is 52.1 Å². The van der Waals surface area contributed by atoms with Gasteiger partial charge in [-0.2, -0.15) is 27.2 Å². The van der Waals surface area contributed by atoms with Crippen molar-refractivity contribution in [3.05, 3.63) is 93.9 Å². The molecule has 0 unspecified atom stereocenters. The number of benzene rings is 3. The number of halogens is 3. The lowest BCUT2D eigenvalue weighted by Crippen LogP contribution is -2.25. The largest absolute Gasteiger partial charge is 0.481 e. The van der Waals surface area contributed by atoms with Gasteiger partial charge in [0, 0.05) is 29.0 Å². The molecule has 1 aromatic heterocycles. The summed E-state index contributed by atoms with van der Waals surface area (Å²) < 4.78 is 62.0. The number of carboxylic acid groups (broad SMARTS) is 1. The average Bonchev–Trinajstić information content (AvgIpc) is 2.95. The standard InChI is InChI=1S/C27H18ClF2N5O7S/c28-21-25(29)33-27(30)34-26(21)35(10-9-18(36)37)13-7-5-12(6-8-13)32-16-11-17(43(40,41)42)22(31)20-19(16)23(38)14-3-1-2-4-15(14)24(20)39/h1-8,11,32H,9-10,31H2,(H,36,37)(H,40,41,42). The fourth-order valence-corrected chi connectivity index (χ4v) is 5.45. The Morgan fingerprint density at radius 2 is 1.60 bits per heavy atom. The molecule has 5 rings (SSSR count). The summed E-state index contributed by atoms with van der Waals surface area (Å²) in [6, 6.07) is 12.4. The highest BCUT2D eigenvalue weighted by molar-refractivity contribution is 7.86. The minimum absolute atomic E-state index is 0.00667. The van der Waals surface area contributed by atoms with E-state index in [0.29, 0.717) is 0 Å². The van der Waals surface area contributed by atoms with Crippen molar-refractivity contribution in [2.45, 2.75) is 11.3 Å². The Kier molecular flexibility index (Phi) is 7.56. The van der Waals surface area contributed by atoms with Crippen LogP contribution in [0.3, 0.4) is 0 Å². The topological polar surface area (TPSA) is 193 Å². The Morgan fingerprint density at radius 1 is 1.00 bits per heavy atom. The highest BCUT2D eigenvalue weighted by Gasteiger charge is 2.36. The summed E-state index contributed by atoms with van der Waals surface area (Å²) in [6.07, 6.45) is -1.89. The summed E-state index contributed by atoms with van der Waals surface area (Å²) in [5.41, 5.74) is 5.10. The predicted octanol–water partition coefficient (Wildman–Crippen LogP) is 4.37. The van der Waals surface area contributed by atoms with Gasteiger partial charge in [-0.25, -0.2) is 0 Å². The minimum atomic E-state index is -4.94. The second-order valence-electron chi connectivity index (χ2n) is 9.15. The SMILES string of the molecule is Nc1c(S(=O)(=O)O)cc(Nc2ccc(N(CCC(=O)O)c3nc(F)nc(F)c3Cl)cc2)c2c1C(=O)c1ccccc1C2=O. The van der Waals surface area contributed by atoms with Crippen LogP contribution in [0.1, 0.15) is 38.3 Å². The zero-order chi connectivity index (χ0) is 31.2. The number of nitrogens with two attached hydrogens (primary N) is 1. The zero-order valence-corrected chi connectivity index (χ0v) is 23.1. The van der Waals surface area contributed by atoms with E-state index in [0.717, 1.165) is 11.0 Å². The number of aliphatic carboxylic acids is 1. The van der Waals surface area contributed by atoms with Gasteiger partial charge < -0.3 is 21.1 Å². The van der Waals surface area contributed by atoms with E-state index in [2.05, 4.69) is 15.3 Å². The molecule has 16 heteroatoms. The highest BCUT2D eigenvalue weighted by atomic mass is 35.5. The molecule has 0 spiro atoms. The summed E-state index contributed by atoms with van der Waals surface area (Å²) in [5.74, 6) is -4.34. The maximum atomic E-state index is 14.1. The minimum Gasteiger partial charge on any atom is -0.481 e. The number of aromatic nitrogens is 2. The van der Waals surface area contributed by atoms with Crippen LogP contribution in [0.15, 0.2) is 59.5 Å². The molecule has 220 valence electrons. The van der Waals surface area contributed by atoms with Crippen molar-refractivity contribution in [1.82, 2.24) is 9.97 Å². The number of carbonyl (C=O) groups is 3. The highest BCUT2D eigenvalue weighted by Crippen LogP contribution is 2.40. The van der Waals surface area contributed by atoms with E-state index in [1.165, 1.54) is 42.5 Å². The molecule has 0 radical (unpaired) electrons. The molecule has 1 heterocycles. The molecular formula is C27H18ClF2N5O7S. The van der Waals surface area contributed by atoms with Gasteiger partial charge in [-0.3, -0.25) is 18.9 Å². The van der Waals surface area contributed by atoms with E-state index >= 15 is 0 Å². The van der Waals surface area contributed by atoms with E-state index < -0.39 is 73.1 Å². The summed E-state index contributed by atoms with van der Waals surface area (Å²) in [5, 5.41) is 11.4. The summed E-state index contributed by atoms with van der Waals surface area (Å²) in [7, 11) is -4.94. The third-order valence-corrected chi connectivity index (χ3v) is 7.73. The fraction of sp³-hybridized carbons (Fsp3) is 0.0741. The molecule has 0 fully saturated rings. The van der Waals surface area contributed by atoms with Gasteiger partial charge in [0.1, 0.15) is 9.92 Å². The summed E-state index contributed by atoms with van der Waals surface area (Å²) in [6.45, 7) is -0.295. The van der Waals surface area contributed by atoms with Crippen LogP contribution >= 0.6 is 11.6 Å². The van der Waals surface area contributed by atoms with Gasteiger partial charge in [0.2, 0.25) is 5.95 Å². The Bertz CT molecular complexity index is 1960. The first-order valence-electron chi connectivity index (χ1n) is 12.1. The number of nitrogen functional groups attached to an aromatic ring is 1. The van der Waals surface area contributed by atoms with Crippen molar-refractivity contribution < 1.29 is 41.2 Å². The summed E-state index contributed by atoms with van der Waals surface area (Å²) >= 11 is 5.95. The Hall–Kier alpha value is -4.99. The number of hydrogen-bond donors (Lipinski definition) is 4. The predicted molar refractivity (Wildman–Crippen MR) is 150 cm³/mol. The molecule has 5 N–H and O–H groups in total. The van der Waals surface area contributed by atoms with Crippen molar-refractivity contribution in [2.75, 3.05) is 22.5 Å². The molecule has 0 saturated carbocycles. The van der Waals surface area contributed by atoms with Gasteiger partial charge in [-0.05, 0) is 30.3 Å². The average molecular weight is 630 g/mol. The van der Waals surface area contributed by atoms with E-state index in [-0.39, 0.29) is 40.3 Å². The Morgan fingerprint density at radius 3 is 2.19 bits per heavy atom. The molecule has 4 aromatic rings. The molecule has 43 heavy (non-hydrogen) atoms. The maximum Gasteiger partial charge on any atom is 0.313 e. The molecule has 0 aliphatic heterocycles. The third-order valence-electron chi connectivity index (χ3n) is 6.51. The number of ketones is 2. The molecule has 0 bridgehead atoms. The molecule has 0 saturated heterocycles. The van der Waals surface area contributed by atoms with Gasteiger partial charge in [-0.1, -0.05) is 35.9 Å². The first-order valence-corrected chi connectivity index (χ1v) is 14.0. The second-order valence-corrected chi connectivity index (χ2v) is 10.9. The maximum absolute atomic E-state index is 14.1. The van der Waals surface area contributed by atoms with E-state index in [9.17, 15) is 36.1 Å². The number of carbonyl (C=O) groups excluding carboxylic acids is 2. The molecule has 3 aromatic carbocycles. The van der Waals surface area contributed by atoms with E-state index in [1.54, 1.807) is 6.07 Å². The lowest BCUT2D eigenvalue weighted by Gasteiger charge is -2.25. The molecular weight excluding hydrogens is 612 g/mol. The summed E-state index contributed by atoms with van der Waals surface area (Å²) in [4.78, 5) is 44.8. The van der Waals surface area contributed by atoms with Gasteiger partial charge in [0.15, 0.2) is 17.4 Å². The lowest BCUT2D eigenvalue weighted by atomic mass is 9.82. The van der Waals surface area contributed by atoms with Crippen molar-refractivity contribution in [1.29, 1.82) is 0 Å². The smallest absolute Gasteiger partial charge is 0.313 e. The van der Waals surface area contributed by atoms with Gasteiger partial charge in [-0.15, -0.1) is 0 Å². The lowest BCUT2D eigenvalue weighted by molar-refractivity contribution is -0.136. The number of fused-ring (bicyclic) bond motifs is 2. The zero-order valence-electron chi connectivity index (χ0n) is 21.5. The van der Waals surface area contributed by atoms with Crippen LogP contribution < -0.4 is 16.0 Å². The molecule has 0 atom stereocenters. The molecule has 1 aliphatic rings. The van der Waals surface area contributed by atoms with Crippen LogP contribution in [0.4, 0.5) is 37.3 Å². The van der Waals surface area contributed by atoms with Crippen LogP contribution in [0, 0.1) is 12.0 Å². The van der Waals surface area contributed by atoms with Crippen molar-refractivity contribution in [2.24, 2.45) is 0 Å². The number of nitrogens with one attached hydrogen (secondary N) is 1. The Balaban J connectivity index is 1.59. The van der Waals surface area contributed by atoms with Crippen molar-refractivity contribution in [3.8, 4) is 0 Å². The number of anilines is 5. The van der Waals surface area contributed by atoms with Crippen LogP contribution in [-0.2, 0) is 14.9 Å². The molecule has 12 nitrogen and oxygen atoms in total. The number of carboxylic acids is 1. The number of hydrogen-bond acceptors (Lipinski definition) is 10. The first kappa shape index (κ1) is 29.5. The van der Waals surface area contributed by atoms with E-state index in [1.807, 2.05) is 0 Å². The quantitative estimate of drug-likeness (QED) is 0.0821. The van der Waals surface area contributed by atoms with Crippen LogP contribution in [0.5, 0.6) is 0 Å². The molecule has 0 amide bonds. The van der Waals surface area contributed by atoms with Gasteiger partial charge in [0.25, 0.3) is 10.1 Å². The Labute approximate surface area is 246 Å². The van der Waals surface area contributed by atoms with Gasteiger partial charge in [0.05, 0.1) is 28.9 Å². The fourth-order valence-electron chi connectivity index (χ4n) is 4.61. The van der Waals surface area contributed by atoms with Crippen LogP contribution in [0.2, 0.25) is 5.02 Å².